The van der Waals surface area contributed by atoms with Crippen LogP contribution in [0.1, 0.15) is 169 Å². The Morgan fingerprint density at radius 3 is 0.763 bits per heavy atom. The highest BCUT2D eigenvalue weighted by Gasteiger charge is 2.51. The highest BCUT2D eigenvalue weighted by molar-refractivity contribution is 5.43. The highest BCUT2D eigenvalue weighted by Crippen LogP contribution is 2.56. The molecule has 0 aliphatic heterocycles. The molecular weight excluding hydrogens is 456 g/mol. The third-order valence-corrected chi connectivity index (χ3v) is 9.35. The molecule has 0 aliphatic rings. The molecule has 0 amide bonds. The van der Waals surface area contributed by atoms with Gasteiger partial charge in [0.15, 0.2) is 0 Å². The van der Waals surface area contributed by atoms with Crippen molar-refractivity contribution in [2.45, 2.75) is 168 Å². The van der Waals surface area contributed by atoms with E-state index in [2.05, 4.69) is 118 Å². The van der Waals surface area contributed by atoms with Gasteiger partial charge in [0.05, 0.1) is 0 Å². The summed E-state index contributed by atoms with van der Waals surface area (Å²) in [4.78, 5) is 0. The third kappa shape index (κ3) is 7.55. The lowest BCUT2D eigenvalue weighted by atomic mass is 9.50. The fourth-order valence-electron chi connectivity index (χ4n) is 6.83. The number of hydrogen-bond acceptors (Lipinski definition) is 0. The Labute approximate surface area is 238 Å². The van der Waals surface area contributed by atoms with Gasteiger partial charge in [0, 0.05) is 10.8 Å². The second kappa shape index (κ2) is 14.2. The van der Waals surface area contributed by atoms with Gasteiger partial charge in [-0.25, -0.2) is 0 Å². The van der Waals surface area contributed by atoms with Crippen LogP contribution < -0.4 is 0 Å². The Morgan fingerprint density at radius 2 is 0.579 bits per heavy atom. The molecule has 2 aromatic carbocycles. The van der Waals surface area contributed by atoms with E-state index in [1.54, 1.807) is 11.1 Å². The van der Waals surface area contributed by atoms with E-state index in [0.717, 1.165) is 0 Å². The molecule has 0 atom stereocenters. The average Bonchev–Trinajstić information content (AvgIpc) is 2.89. The fourth-order valence-corrected chi connectivity index (χ4v) is 6.83. The normalized spacial score (nSPS) is 13.2. The van der Waals surface area contributed by atoms with E-state index in [4.69, 9.17) is 0 Å². The first kappa shape index (κ1) is 32.7. The van der Waals surface area contributed by atoms with Gasteiger partial charge in [0.25, 0.3) is 0 Å². The van der Waals surface area contributed by atoms with Gasteiger partial charge in [-0.05, 0) is 58.8 Å². The van der Waals surface area contributed by atoms with Crippen molar-refractivity contribution in [1.82, 2.24) is 0 Å². The van der Waals surface area contributed by atoms with E-state index < -0.39 is 0 Å². The van der Waals surface area contributed by atoms with Crippen molar-refractivity contribution in [2.75, 3.05) is 0 Å². The first-order valence-electron chi connectivity index (χ1n) is 16.1. The van der Waals surface area contributed by atoms with Crippen LogP contribution in [-0.4, -0.2) is 0 Å². The molecule has 0 bridgehead atoms. The lowest BCUT2D eigenvalue weighted by Gasteiger charge is -2.53. The van der Waals surface area contributed by atoms with Crippen LogP contribution in [0.5, 0.6) is 0 Å². The van der Waals surface area contributed by atoms with E-state index >= 15 is 0 Å². The van der Waals surface area contributed by atoms with E-state index in [1.807, 2.05) is 0 Å². The molecular formula is C38H62. The number of rotatable bonds is 15. The van der Waals surface area contributed by atoms with Crippen LogP contribution in [0, 0.1) is 0 Å². The average molecular weight is 519 g/mol. The Bertz CT molecular complexity index is 818. The molecule has 0 aromatic heterocycles. The third-order valence-electron chi connectivity index (χ3n) is 9.35. The summed E-state index contributed by atoms with van der Waals surface area (Å²) in [5.41, 5.74) is 6.76. The van der Waals surface area contributed by atoms with Gasteiger partial charge in [-0.2, -0.15) is 0 Å². The maximum atomic E-state index is 2.54. The molecule has 38 heavy (non-hydrogen) atoms. The summed E-state index contributed by atoms with van der Waals surface area (Å²) < 4.78 is 0. The summed E-state index contributed by atoms with van der Waals surface area (Å²) >= 11 is 0. The summed E-state index contributed by atoms with van der Waals surface area (Å²) in [5.74, 6) is 0. The molecule has 2 aromatic rings. The summed E-state index contributed by atoms with van der Waals surface area (Å²) in [5, 5.41) is 0. The van der Waals surface area contributed by atoms with Crippen LogP contribution in [-0.2, 0) is 21.7 Å². The van der Waals surface area contributed by atoms with Crippen LogP contribution in [0.15, 0.2) is 48.5 Å². The largest absolute Gasteiger partial charge is 0.0654 e. The van der Waals surface area contributed by atoms with Crippen molar-refractivity contribution in [3.05, 3.63) is 70.8 Å². The van der Waals surface area contributed by atoms with Crippen molar-refractivity contribution in [3.63, 3.8) is 0 Å². The van der Waals surface area contributed by atoms with Crippen molar-refractivity contribution in [3.8, 4) is 0 Å². The van der Waals surface area contributed by atoms with Gasteiger partial charge in [-0.3, -0.25) is 0 Å². The maximum absolute atomic E-state index is 2.54. The van der Waals surface area contributed by atoms with Crippen LogP contribution in [0.2, 0.25) is 0 Å². The molecule has 0 heteroatoms. The van der Waals surface area contributed by atoms with Crippen LogP contribution in [0.3, 0.4) is 0 Å². The van der Waals surface area contributed by atoms with Gasteiger partial charge in [-0.15, -0.1) is 0 Å². The molecule has 2 rings (SSSR count). The molecule has 0 saturated heterocycles. The zero-order valence-corrected chi connectivity index (χ0v) is 27.1. The Hall–Kier alpha value is -1.56. The number of hydrogen-bond donors (Lipinski definition) is 0. The van der Waals surface area contributed by atoms with Crippen molar-refractivity contribution in [2.24, 2.45) is 0 Å². The summed E-state index contributed by atoms with van der Waals surface area (Å²) in [6.07, 6.45) is 15.4. The van der Waals surface area contributed by atoms with E-state index in [1.165, 1.54) is 88.2 Å². The molecule has 0 unspecified atom stereocenters. The van der Waals surface area contributed by atoms with Gasteiger partial charge in [0.2, 0.25) is 0 Å². The molecule has 0 heterocycles. The van der Waals surface area contributed by atoms with Crippen LogP contribution >= 0.6 is 0 Å². The number of benzene rings is 2. The Kier molecular flexibility index (Phi) is 12.2. The minimum Gasteiger partial charge on any atom is -0.0654 e. The second-order valence-corrected chi connectivity index (χ2v) is 14.2. The molecule has 0 N–H and O–H groups in total. The van der Waals surface area contributed by atoms with Crippen molar-refractivity contribution in [1.29, 1.82) is 0 Å². The van der Waals surface area contributed by atoms with Gasteiger partial charge in [0.1, 0.15) is 0 Å². The SMILES string of the molecule is CCCCC(CCCC)(c1ccc(C(C)(C)C)cc1)C(CCCC)(CCCC)c1ccc(C(C)(C)C)cc1. The van der Waals surface area contributed by atoms with Gasteiger partial charge < -0.3 is 0 Å². The number of unbranched alkanes of at least 4 members (excludes halogenated alkanes) is 4. The quantitative estimate of drug-likeness (QED) is 0.220. The van der Waals surface area contributed by atoms with Gasteiger partial charge in [-0.1, -0.05) is 169 Å². The molecule has 0 radical (unpaired) electrons. The monoisotopic (exact) mass is 518 g/mol. The topological polar surface area (TPSA) is 0 Å². The van der Waals surface area contributed by atoms with Crippen molar-refractivity contribution < 1.29 is 0 Å². The lowest BCUT2D eigenvalue weighted by Crippen LogP contribution is -2.50. The predicted octanol–water partition coefficient (Wildman–Crippen LogP) is 12.2. The minimum atomic E-state index is 0.156. The second-order valence-electron chi connectivity index (χ2n) is 14.2. The Morgan fingerprint density at radius 1 is 0.368 bits per heavy atom. The van der Waals surface area contributed by atoms with E-state index in [9.17, 15) is 0 Å². The molecule has 0 aliphatic carbocycles. The summed E-state index contributed by atoms with van der Waals surface area (Å²) in [6, 6.07) is 20.0. The maximum Gasteiger partial charge on any atom is 0.00498 e. The highest BCUT2D eigenvalue weighted by atomic mass is 14.5. The minimum absolute atomic E-state index is 0.156. The predicted molar refractivity (Wildman–Crippen MR) is 172 cm³/mol. The standard InChI is InChI=1S/C38H62/c1-11-15-27-37(28-16-12-2,33-23-19-31(20-24-33)35(5,6)7)38(29-17-13-3,30-18-14-4)34-25-21-32(22-26-34)36(8,9)10/h19-26H,11-18,27-30H2,1-10H3. The summed E-state index contributed by atoms with van der Waals surface area (Å²) in [7, 11) is 0. The lowest BCUT2D eigenvalue weighted by molar-refractivity contribution is 0.139. The van der Waals surface area contributed by atoms with Crippen LogP contribution in [0.4, 0.5) is 0 Å². The zero-order chi connectivity index (χ0) is 28.5. The Balaban J connectivity index is 2.91. The molecule has 0 spiro atoms. The fraction of sp³-hybridized carbons (Fsp3) is 0.684. The molecule has 0 saturated carbocycles. The first-order chi connectivity index (χ1) is 17.9. The molecule has 214 valence electrons. The van der Waals surface area contributed by atoms with E-state index in [-0.39, 0.29) is 21.7 Å². The molecule has 0 fully saturated rings. The summed E-state index contributed by atoms with van der Waals surface area (Å²) in [6.45, 7) is 23.6. The van der Waals surface area contributed by atoms with Gasteiger partial charge >= 0.3 is 0 Å². The van der Waals surface area contributed by atoms with E-state index in [0.29, 0.717) is 0 Å². The van der Waals surface area contributed by atoms with Crippen LogP contribution in [0.25, 0.3) is 0 Å². The smallest absolute Gasteiger partial charge is 0.00498 e. The zero-order valence-electron chi connectivity index (χ0n) is 27.1. The first-order valence-corrected chi connectivity index (χ1v) is 16.1. The molecule has 0 nitrogen and oxygen atoms in total. The van der Waals surface area contributed by atoms with Crippen molar-refractivity contribution >= 4 is 0 Å².